The summed E-state index contributed by atoms with van der Waals surface area (Å²) >= 11 is 0. The Hall–Kier alpha value is -1.82. The van der Waals surface area contributed by atoms with Crippen molar-refractivity contribution in [1.82, 2.24) is 15.5 Å². The highest BCUT2D eigenvalue weighted by molar-refractivity contribution is 14.0. The lowest BCUT2D eigenvalue weighted by atomic mass is 10.0. The van der Waals surface area contributed by atoms with Gasteiger partial charge in [-0.25, -0.2) is 4.99 Å². The molecule has 33 heavy (non-hydrogen) atoms. The van der Waals surface area contributed by atoms with E-state index in [9.17, 15) is 5.11 Å². The summed E-state index contributed by atoms with van der Waals surface area (Å²) in [6.07, 6.45) is 0. The smallest absolute Gasteiger partial charge is 0.191 e. The molecule has 0 spiro atoms. The van der Waals surface area contributed by atoms with Gasteiger partial charge < -0.3 is 34.5 Å². The lowest BCUT2D eigenvalue weighted by molar-refractivity contribution is 0.0378. The minimum atomic E-state index is -1.14. The number of hydrogen-bond donors (Lipinski definition) is 3. The number of methoxy groups -OCH3 is 1. The Bertz CT molecular complexity index is 841. The molecule has 0 aliphatic heterocycles. The molecule has 1 atom stereocenters. The van der Waals surface area contributed by atoms with E-state index in [4.69, 9.17) is 13.9 Å². The zero-order valence-electron chi connectivity index (χ0n) is 20.4. The minimum Gasteiger partial charge on any atom is -0.492 e. The lowest BCUT2D eigenvalue weighted by Crippen LogP contribution is -2.44. The van der Waals surface area contributed by atoms with Crippen LogP contribution in [0.2, 0.25) is 0 Å². The summed E-state index contributed by atoms with van der Waals surface area (Å²) in [5.74, 6) is 2.75. The van der Waals surface area contributed by atoms with Crippen LogP contribution in [-0.4, -0.2) is 69.5 Å². The van der Waals surface area contributed by atoms with E-state index in [2.05, 4.69) is 20.5 Å². The summed E-state index contributed by atoms with van der Waals surface area (Å²) in [6.45, 7) is 10.1. The predicted octanol–water partition coefficient (Wildman–Crippen LogP) is 3.13. The first-order valence-electron chi connectivity index (χ1n) is 11.0. The number of hydrogen-bond acceptors (Lipinski definition) is 6. The third kappa shape index (κ3) is 10.8. The van der Waals surface area contributed by atoms with Gasteiger partial charge in [0.1, 0.15) is 29.5 Å². The number of rotatable bonds is 13. The molecular formula is C24H39IN4O4. The van der Waals surface area contributed by atoms with Gasteiger partial charge in [-0.1, -0.05) is 12.1 Å². The molecule has 1 aromatic heterocycles. The first-order valence-corrected chi connectivity index (χ1v) is 11.0. The van der Waals surface area contributed by atoms with Crippen molar-refractivity contribution in [2.24, 2.45) is 4.99 Å². The first kappa shape index (κ1) is 29.2. The summed E-state index contributed by atoms with van der Waals surface area (Å²) in [5.41, 5.74) is -0.102. The fraction of sp³-hybridized carbons (Fsp3) is 0.542. The van der Waals surface area contributed by atoms with E-state index in [1.54, 1.807) is 20.1 Å². The van der Waals surface area contributed by atoms with E-state index in [1.807, 2.05) is 51.2 Å². The highest BCUT2D eigenvalue weighted by Crippen LogP contribution is 2.22. The number of halogens is 1. The predicted molar refractivity (Wildman–Crippen MR) is 143 cm³/mol. The van der Waals surface area contributed by atoms with E-state index >= 15 is 0 Å². The second kappa shape index (κ2) is 15.2. The lowest BCUT2D eigenvalue weighted by Gasteiger charge is -2.22. The zero-order chi connectivity index (χ0) is 23.4. The largest absolute Gasteiger partial charge is 0.492 e. The van der Waals surface area contributed by atoms with Crippen molar-refractivity contribution >= 4 is 29.9 Å². The fourth-order valence-electron chi connectivity index (χ4n) is 2.99. The van der Waals surface area contributed by atoms with Crippen LogP contribution >= 0.6 is 24.0 Å². The van der Waals surface area contributed by atoms with E-state index < -0.39 is 5.60 Å². The van der Waals surface area contributed by atoms with E-state index in [0.29, 0.717) is 38.0 Å². The average molecular weight is 575 g/mol. The summed E-state index contributed by atoms with van der Waals surface area (Å²) in [4.78, 5) is 6.82. The number of aryl methyl sites for hydroxylation is 1. The van der Waals surface area contributed by atoms with Gasteiger partial charge in [0.05, 0.1) is 19.7 Å². The van der Waals surface area contributed by atoms with Gasteiger partial charge in [0, 0.05) is 26.7 Å². The van der Waals surface area contributed by atoms with E-state index in [0.717, 1.165) is 30.2 Å². The number of furan rings is 1. The van der Waals surface area contributed by atoms with Gasteiger partial charge in [-0.05, 0) is 57.6 Å². The van der Waals surface area contributed by atoms with Crippen LogP contribution in [0.15, 0.2) is 45.8 Å². The van der Waals surface area contributed by atoms with Crippen molar-refractivity contribution in [3.8, 4) is 5.75 Å². The molecule has 186 valence electrons. The molecule has 8 nitrogen and oxygen atoms in total. The molecule has 0 saturated carbocycles. The number of likely N-dealkylation sites (N-methyl/N-ethyl adjacent to an activating group) is 1. The van der Waals surface area contributed by atoms with Gasteiger partial charge in [-0.3, -0.25) is 0 Å². The standard InChI is InChI=1S/C24H38N4O4.HI/c1-6-25-23(27-18-24(3,29)22-11-10-19(2)32-22)26-17-20-8-7-9-21(16-20)31-15-13-28(4)12-14-30-5;/h7-11,16,29H,6,12-15,17-18H2,1-5H3,(H2,25,26,27);1H. The Morgan fingerprint density at radius 1 is 1.18 bits per heavy atom. The van der Waals surface area contributed by atoms with Crippen molar-refractivity contribution in [3.63, 3.8) is 0 Å². The van der Waals surface area contributed by atoms with Gasteiger partial charge >= 0.3 is 0 Å². The molecule has 0 bridgehead atoms. The second-order valence-electron chi connectivity index (χ2n) is 8.02. The number of nitrogens with zero attached hydrogens (tertiary/aromatic N) is 2. The van der Waals surface area contributed by atoms with Crippen LogP contribution in [0.4, 0.5) is 0 Å². The van der Waals surface area contributed by atoms with Crippen LogP contribution < -0.4 is 15.4 Å². The van der Waals surface area contributed by atoms with Crippen molar-refractivity contribution in [2.45, 2.75) is 32.9 Å². The SMILES string of the molecule is CCNC(=NCc1cccc(OCCN(C)CCOC)c1)NCC(C)(O)c1ccc(C)o1.I. The van der Waals surface area contributed by atoms with Crippen LogP contribution in [0.3, 0.4) is 0 Å². The molecule has 0 saturated heterocycles. The third-order valence-electron chi connectivity index (χ3n) is 4.95. The molecule has 0 aliphatic rings. The van der Waals surface area contributed by atoms with E-state index in [-0.39, 0.29) is 30.5 Å². The quantitative estimate of drug-likeness (QED) is 0.193. The van der Waals surface area contributed by atoms with Gasteiger partial charge in [0.2, 0.25) is 0 Å². The molecule has 0 aliphatic carbocycles. The first-order chi connectivity index (χ1) is 15.3. The van der Waals surface area contributed by atoms with Crippen molar-refractivity contribution in [2.75, 3.05) is 53.6 Å². The number of guanidine groups is 1. The summed E-state index contributed by atoms with van der Waals surface area (Å²) < 4.78 is 16.6. The van der Waals surface area contributed by atoms with Gasteiger partial charge in [-0.15, -0.1) is 24.0 Å². The van der Waals surface area contributed by atoms with Crippen molar-refractivity contribution < 1.29 is 19.0 Å². The van der Waals surface area contributed by atoms with Crippen LogP contribution in [-0.2, 0) is 16.9 Å². The van der Waals surface area contributed by atoms with Gasteiger partial charge in [-0.2, -0.15) is 0 Å². The maximum Gasteiger partial charge on any atom is 0.191 e. The third-order valence-corrected chi connectivity index (χ3v) is 4.95. The van der Waals surface area contributed by atoms with E-state index in [1.165, 1.54) is 0 Å². The van der Waals surface area contributed by atoms with Crippen LogP contribution in [0.5, 0.6) is 5.75 Å². The molecule has 3 N–H and O–H groups in total. The maximum atomic E-state index is 10.7. The fourth-order valence-corrected chi connectivity index (χ4v) is 2.99. The Kier molecular flexibility index (Phi) is 13.4. The maximum absolute atomic E-state index is 10.7. The zero-order valence-corrected chi connectivity index (χ0v) is 22.7. The number of ether oxygens (including phenoxy) is 2. The molecule has 9 heteroatoms. The molecule has 0 radical (unpaired) electrons. The molecule has 0 fully saturated rings. The number of aliphatic imine (C=N–C) groups is 1. The molecule has 1 aromatic carbocycles. The van der Waals surface area contributed by atoms with Gasteiger partial charge in [0.25, 0.3) is 0 Å². The number of nitrogens with one attached hydrogen (secondary N) is 2. The number of benzene rings is 1. The highest BCUT2D eigenvalue weighted by Gasteiger charge is 2.27. The van der Waals surface area contributed by atoms with Crippen molar-refractivity contribution in [3.05, 3.63) is 53.5 Å². The number of aliphatic hydroxyl groups is 1. The van der Waals surface area contributed by atoms with Crippen LogP contribution in [0.25, 0.3) is 0 Å². The molecule has 0 amide bonds. The molecule has 2 rings (SSSR count). The molecular weight excluding hydrogens is 535 g/mol. The molecule has 2 aromatic rings. The summed E-state index contributed by atoms with van der Waals surface area (Å²) in [6, 6.07) is 11.6. The van der Waals surface area contributed by atoms with Gasteiger partial charge in [0.15, 0.2) is 5.96 Å². The van der Waals surface area contributed by atoms with Crippen molar-refractivity contribution in [1.29, 1.82) is 0 Å². The van der Waals surface area contributed by atoms with Crippen LogP contribution in [0.1, 0.15) is 30.9 Å². The summed E-state index contributed by atoms with van der Waals surface area (Å²) in [5, 5.41) is 17.2. The molecule has 1 heterocycles. The second-order valence-corrected chi connectivity index (χ2v) is 8.02. The van der Waals surface area contributed by atoms with Crippen LogP contribution in [0, 0.1) is 6.92 Å². The summed E-state index contributed by atoms with van der Waals surface area (Å²) in [7, 11) is 3.75. The normalized spacial score (nSPS) is 13.4. The Balaban J connectivity index is 0.00000544. The molecule has 1 unspecified atom stereocenters. The Morgan fingerprint density at radius 3 is 2.61 bits per heavy atom. The monoisotopic (exact) mass is 574 g/mol. The Morgan fingerprint density at radius 2 is 1.94 bits per heavy atom. The topological polar surface area (TPSA) is 91.5 Å². The Labute approximate surface area is 214 Å². The highest BCUT2D eigenvalue weighted by atomic mass is 127. The average Bonchev–Trinajstić information content (AvgIpc) is 3.22. The minimum absolute atomic E-state index is 0.